The van der Waals surface area contributed by atoms with E-state index in [4.69, 9.17) is 14.2 Å². The minimum atomic E-state index is -0.776. The van der Waals surface area contributed by atoms with Crippen LogP contribution < -0.4 is 14.2 Å². The van der Waals surface area contributed by atoms with Crippen molar-refractivity contribution in [2.45, 2.75) is 136 Å². The van der Waals surface area contributed by atoms with Gasteiger partial charge >= 0.3 is 11.7 Å². The number of nitrogens with zero attached hydrogens (tertiary/aromatic N) is 1. The Morgan fingerprint density at radius 3 is 1.42 bits per heavy atom. The summed E-state index contributed by atoms with van der Waals surface area (Å²) < 4.78 is 17.0. The third kappa shape index (κ3) is 19.4. The minimum absolute atomic E-state index is 0.106. The molecule has 0 aliphatic heterocycles. The van der Waals surface area contributed by atoms with E-state index < -0.39 is 22.4 Å². The lowest BCUT2D eigenvalue weighted by Crippen LogP contribution is -2.07. The van der Waals surface area contributed by atoms with Crippen LogP contribution in [0.4, 0.5) is 5.69 Å². The number of esters is 1. The molecule has 0 aromatic heterocycles. The van der Waals surface area contributed by atoms with Crippen molar-refractivity contribution in [1.29, 1.82) is 0 Å². The number of ketones is 1. The Morgan fingerprint density at radius 2 is 0.982 bits per heavy atom. The highest BCUT2D eigenvalue weighted by Crippen LogP contribution is 2.29. The van der Waals surface area contributed by atoms with Gasteiger partial charge in [-0.15, -0.1) is 0 Å². The van der Waals surface area contributed by atoms with E-state index in [0.29, 0.717) is 13.2 Å². The largest absolute Gasteiger partial charge is 0.494 e. The van der Waals surface area contributed by atoms with Gasteiger partial charge in [0.1, 0.15) is 11.5 Å². The maximum atomic E-state index is 12.9. The lowest BCUT2D eigenvalue weighted by Gasteiger charge is -2.07. The van der Waals surface area contributed by atoms with Crippen LogP contribution in [0.5, 0.6) is 17.2 Å². The number of nitro groups is 1. The molecule has 0 spiro atoms. The summed E-state index contributed by atoms with van der Waals surface area (Å²) in [7, 11) is 0. The van der Waals surface area contributed by atoms with Crippen LogP contribution in [0.25, 0.3) is 12.2 Å². The highest BCUT2D eigenvalue weighted by Gasteiger charge is 2.20. The molecule has 0 aliphatic carbocycles. The second-order valence-corrected chi connectivity index (χ2v) is 14.2. The van der Waals surface area contributed by atoms with E-state index in [1.165, 1.54) is 127 Å². The van der Waals surface area contributed by atoms with Gasteiger partial charge in [0, 0.05) is 17.7 Å². The predicted molar refractivity (Wildman–Crippen MR) is 224 cm³/mol. The number of carbonyl (C=O) groups is 2. The Hall–Kier alpha value is -4.72. The molecule has 0 radical (unpaired) electrons. The summed E-state index contributed by atoms with van der Waals surface area (Å²) in [5, 5.41) is 11.8. The average molecular weight is 754 g/mol. The maximum Gasteiger partial charge on any atom is 0.336 e. The number of benzene rings is 3. The van der Waals surface area contributed by atoms with Crippen LogP contribution in [-0.2, 0) is 4.79 Å². The van der Waals surface area contributed by atoms with Gasteiger partial charge in [0.05, 0.1) is 18.1 Å². The molecular weight excluding hydrogens is 691 g/mol. The Balaban J connectivity index is 1.36. The predicted octanol–water partition coefficient (Wildman–Crippen LogP) is 13.3. The second-order valence-electron chi connectivity index (χ2n) is 14.2. The quantitative estimate of drug-likeness (QED) is 0.0127. The van der Waals surface area contributed by atoms with Crippen molar-refractivity contribution >= 4 is 29.6 Å². The zero-order chi connectivity index (χ0) is 39.4. The summed E-state index contributed by atoms with van der Waals surface area (Å²) in [6, 6.07) is 18.6. The molecule has 0 saturated carbocycles. The molecular formula is C47H63NO7. The summed E-state index contributed by atoms with van der Waals surface area (Å²) in [6.07, 6.45) is 30.1. The Bertz CT molecular complexity index is 1590. The Kier molecular flexibility index (Phi) is 22.6. The first kappa shape index (κ1) is 44.7. The number of allylic oxidation sites excluding steroid dienone is 1. The maximum absolute atomic E-state index is 12.9. The average Bonchev–Trinajstić information content (AvgIpc) is 3.20. The van der Waals surface area contributed by atoms with Crippen LogP contribution >= 0.6 is 0 Å². The number of nitro benzene ring substituents is 1. The van der Waals surface area contributed by atoms with Gasteiger partial charge in [0.2, 0.25) is 5.75 Å². The van der Waals surface area contributed by atoms with Gasteiger partial charge in [-0.2, -0.15) is 0 Å². The summed E-state index contributed by atoms with van der Waals surface area (Å²) >= 11 is 0. The number of carbonyl (C=O) groups excluding carboxylic acids is 2. The van der Waals surface area contributed by atoms with E-state index >= 15 is 0 Å². The molecule has 0 saturated heterocycles. The molecule has 0 atom stereocenters. The topological polar surface area (TPSA) is 105 Å². The number of rotatable bonds is 30. The van der Waals surface area contributed by atoms with Crippen molar-refractivity contribution in [1.82, 2.24) is 0 Å². The van der Waals surface area contributed by atoms with Crippen molar-refractivity contribution in [3.8, 4) is 17.2 Å². The molecule has 55 heavy (non-hydrogen) atoms. The first-order valence-electron chi connectivity index (χ1n) is 20.8. The second kappa shape index (κ2) is 27.8. The highest BCUT2D eigenvalue weighted by atomic mass is 16.6. The van der Waals surface area contributed by atoms with Gasteiger partial charge in [0.15, 0.2) is 5.78 Å². The van der Waals surface area contributed by atoms with Crippen LogP contribution in [0.3, 0.4) is 0 Å². The van der Waals surface area contributed by atoms with Crippen molar-refractivity contribution < 1.29 is 28.7 Å². The van der Waals surface area contributed by atoms with Crippen LogP contribution in [0, 0.1) is 10.1 Å². The lowest BCUT2D eigenvalue weighted by atomic mass is 10.0. The monoisotopic (exact) mass is 753 g/mol. The number of ether oxygens (including phenoxy) is 3. The van der Waals surface area contributed by atoms with Gasteiger partial charge in [-0.3, -0.25) is 14.9 Å². The van der Waals surface area contributed by atoms with E-state index in [1.54, 1.807) is 12.2 Å². The number of hydrogen-bond acceptors (Lipinski definition) is 7. The molecule has 0 N–H and O–H groups in total. The standard InChI is InChI=1S/C47H63NO7/c1-3-5-7-9-10-11-12-13-14-15-16-17-19-21-37-54-42-29-22-39(23-30-42)26-33-45(49)41-28-34-46(44(38-41)48(51)52)55-47(50)35-27-40-24-31-43(32-25-40)53-36-20-18-8-6-4-2/h22-35,38H,3-21,36-37H2,1-2H3/b33-26+,35-27+. The van der Waals surface area contributed by atoms with Gasteiger partial charge in [-0.1, -0.05) is 153 Å². The van der Waals surface area contributed by atoms with Gasteiger partial charge < -0.3 is 14.2 Å². The fourth-order valence-electron chi connectivity index (χ4n) is 6.21. The van der Waals surface area contributed by atoms with Crippen molar-refractivity contribution in [2.24, 2.45) is 0 Å². The summed E-state index contributed by atoms with van der Waals surface area (Å²) in [4.78, 5) is 36.5. The molecule has 0 amide bonds. The van der Waals surface area contributed by atoms with Crippen molar-refractivity contribution in [3.05, 3.63) is 106 Å². The van der Waals surface area contributed by atoms with Gasteiger partial charge in [-0.05, 0) is 72.5 Å². The molecule has 0 heterocycles. The molecule has 0 bridgehead atoms. The molecule has 0 fully saturated rings. The lowest BCUT2D eigenvalue weighted by molar-refractivity contribution is -0.385. The minimum Gasteiger partial charge on any atom is -0.494 e. The summed E-state index contributed by atoms with van der Waals surface area (Å²) in [5.74, 6) is 0.0978. The third-order valence-corrected chi connectivity index (χ3v) is 9.53. The van der Waals surface area contributed by atoms with Gasteiger partial charge in [0.25, 0.3) is 0 Å². The Morgan fingerprint density at radius 1 is 0.564 bits per heavy atom. The summed E-state index contributed by atoms with van der Waals surface area (Å²) in [6.45, 7) is 5.79. The molecule has 3 aromatic rings. The van der Waals surface area contributed by atoms with E-state index in [2.05, 4.69) is 13.8 Å². The fraction of sp³-hybridized carbons (Fsp3) is 0.489. The van der Waals surface area contributed by atoms with E-state index in [-0.39, 0.29) is 11.3 Å². The van der Waals surface area contributed by atoms with Crippen LogP contribution in [0.2, 0.25) is 0 Å². The molecule has 8 heteroatoms. The Labute approximate surface area is 329 Å². The van der Waals surface area contributed by atoms with Gasteiger partial charge in [-0.25, -0.2) is 4.79 Å². The zero-order valence-corrected chi connectivity index (χ0v) is 33.3. The number of unbranched alkanes of at least 4 members (excludes halogenated alkanes) is 17. The third-order valence-electron chi connectivity index (χ3n) is 9.53. The SMILES string of the molecule is CCCCCCCCCCCCCCCCOc1ccc(/C=C/C(=O)c2ccc(OC(=O)/C=C/c3ccc(OCCCCCCC)cc3)c([N+](=O)[O-])c2)cc1. The van der Waals surface area contributed by atoms with E-state index in [1.807, 2.05) is 48.5 Å². The van der Waals surface area contributed by atoms with Crippen molar-refractivity contribution in [2.75, 3.05) is 13.2 Å². The smallest absolute Gasteiger partial charge is 0.336 e. The van der Waals surface area contributed by atoms with Crippen LogP contribution in [0.15, 0.2) is 78.9 Å². The number of hydrogen-bond donors (Lipinski definition) is 0. The fourth-order valence-corrected chi connectivity index (χ4v) is 6.21. The summed E-state index contributed by atoms with van der Waals surface area (Å²) in [5.41, 5.74) is 1.17. The normalized spacial score (nSPS) is 11.3. The molecule has 298 valence electrons. The molecule has 0 unspecified atom stereocenters. The van der Waals surface area contributed by atoms with Crippen molar-refractivity contribution in [3.63, 3.8) is 0 Å². The van der Waals surface area contributed by atoms with E-state index in [9.17, 15) is 19.7 Å². The molecule has 3 rings (SSSR count). The van der Waals surface area contributed by atoms with Crippen LogP contribution in [-0.4, -0.2) is 29.9 Å². The first-order chi connectivity index (χ1) is 26.9. The van der Waals surface area contributed by atoms with Crippen LogP contribution in [0.1, 0.15) is 157 Å². The first-order valence-corrected chi connectivity index (χ1v) is 20.8. The van der Waals surface area contributed by atoms with E-state index in [0.717, 1.165) is 48.0 Å². The molecule has 8 nitrogen and oxygen atoms in total. The highest BCUT2D eigenvalue weighted by molar-refractivity contribution is 6.07. The molecule has 0 aliphatic rings. The zero-order valence-electron chi connectivity index (χ0n) is 33.3. The molecule has 3 aromatic carbocycles.